The Morgan fingerprint density at radius 3 is 2.94 bits per heavy atom. The molecule has 0 saturated carbocycles. The van der Waals surface area contributed by atoms with Crippen molar-refractivity contribution in [2.24, 2.45) is 0 Å². The topological polar surface area (TPSA) is 86.7 Å². The molecule has 0 aliphatic heterocycles. The van der Waals surface area contributed by atoms with Crippen LogP contribution in [0.15, 0.2) is 18.6 Å². The van der Waals surface area contributed by atoms with Crippen molar-refractivity contribution in [2.45, 2.75) is 19.8 Å². The van der Waals surface area contributed by atoms with Gasteiger partial charge in [-0.05, 0) is 18.0 Å². The van der Waals surface area contributed by atoms with E-state index in [1.54, 1.807) is 17.0 Å². The summed E-state index contributed by atoms with van der Waals surface area (Å²) in [5, 5.41) is 10.9. The summed E-state index contributed by atoms with van der Waals surface area (Å²) in [6, 6.07) is 0. The first kappa shape index (κ1) is 12.4. The van der Waals surface area contributed by atoms with Crippen molar-refractivity contribution in [1.29, 1.82) is 0 Å². The molecule has 2 rings (SSSR count). The minimum Gasteiger partial charge on any atom is -0.282 e. The SMILES string of the molecule is CCCc1nccn1-c1nc(Cl)ncc1[N+](=O)[O-]. The second-order valence-electron chi connectivity index (χ2n) is 3.57. The van der Waals surface area contributed by atoms with Gasteiger partial charge in [0, 0.05) is 18.8 Å². The highest BCUT2D eigenvalue weighted by Gasteiger charge is 2.20. The molecular formula is C10H10ClN5O2. The van der Waals surface area contributed by atoms with Gasteiger partial charge in [-0.2, -0.15) is 4.98 Å². The van der Waals surface area contributed by atoms with Crippen LogP contribution in [0, 0.1) is 10.1 Å². The van der Waals surface area contributed by atoms with E-state index in [0.717, 1.165) is 12.6 Å². The minimum absolute atomic E-state index is 0.0354. The van der Waals surface area contributed by atoms with Gasteiger partial charge in [-0.1, -0.05) is 6.92 Å². The van der Waals surface area contributed by atoms with Gasteiger partial charge in [0.05, 0.1) is 4.92 Å². The molecule has 0 atom stereocenters. The molecule has 7 nitrogen and oxygen atoms in total. The number of hydrogen-bond donors (Lipinski definition) is 0. The third kappa shape index (κ3) is 2.30. The maximum absolute atomic E-state index is 10.9. The van der Waals surface area contributed by atoms with Crippen LogP contribution >= 0.6 is 11.6 Å². The summed E-state index contributed by atoms with van der Waals surface area (Å²) in [4.78, 5) is 22.1. The van der Waals surface area contributed by atoms with Crippen molar-refractivity contribution >= 4 is 17.3 Å². The lowest BCUT2D eigenvalue weighted by atomic mass is 10.3. The quantitative estimate of drug-likeness (QED) is 0.481. The van der Waals surface area contributed by atoms with Crippen LogP contribution in [0.2, 0.25) is 5.28 Å². The number of nitrogens with zero attached hydrogens (tertiary/aromatic N) is 5. The van der Waals surface area contributed by atoms with E-state index in [0.29, 0.717) is 12.2 Å². The summed E-state index contributed by atoms with van der Waals surface area (Å²) in [6.45, 7) is 2.00. The lowest BCUT2D eigenvalue weighted by Crippen LogP contribution is -2.07. The van der Waals surface area contributed by atoms with Gasteiger partial charge >= 0.3 is 5.69 Å². The van der Waals surface area contributed by atoms with E-state index in [1.165, 1.54) is 0 Å². The van der Waals surface area contributed by atoms with Crippen molar-refractivity contribution in [3.8, 4) is 5.82 Å². The molecule has 0 unspecified atom stereocenters. The van der Waals surface area contributed by atoms with Crippen molar-refractivity contribution in [1.82, 2.24) is 19.5 Å². The molecule has 0 radical (unpaired) electrons. The first-order valence-electron chi connectivity index (χ1n) is 5.33. The van der Waals surface area contributed by atoms with E-state index in [4.69, 9.17) is 11.6 Å². The van der Waals surface area contributed by atoms with Crippen molar-refractivity contribution in [3.05, 3.63) is 39.8 Å². The van der Waals surface area contributed by atoms with E-state index in [1.807, 2.05) is 6.92 Å². The number of rotatable bonds is 4. The molecule has 0 amide bonds. The van der Waals surface area contributed by atoms with Crippen molar-refractivity contribution in [2.75, 3.05) is 0 Å². The molecule has 94 valence electrons. The van der Waals surface area contributed by atoms with Crippen LogP contribution in [-0.2, 0) is 6.42 Å². The smallest absolute Gasteiger partial charge is 0.282 e. The van der Waals surface area contributed by atoms with Crippen LogP contribution in [0.25, 0.3) is 5.82 Å². The number of aromatic nitrogens is 4. The Balaban J connectivity index is 2.58. The molecule has 0 fully saturated rings. The van der Waals surface area contributed by atoms with Gasteiger partial charge in [0.2, 0.25) is 11.1 Å². The van der Waals surface area contributed by atoms with E-state index in [2.05, 4.69) is 15.0 Å². The van der Waals surface area contributed by atoms with Gasteiger partial charge in [-0.25, -0.2) is 9.97 Å². The highest BCUT2D eigenvalue weighted by Crippen LogP contribution is 2.22. The van der Waals surface area contributed by atoms with Gasteiger partial charge in [-0.3, -0.25) is 14.7 Å². The normalized spacial score (nSPS) is 10.6. The molecule has 0 saturated heterocycles. The Morgan fingerprint density at radius 1 is 1.50 bits per heavy atom. The molecule has 0 spiro atoms. The Hall–Kier alpha value is -2.02. The maximum Gasteiger partial charge on any atom is 0.330 e. The van der Waals surface area contributed by atoms with Crippen LogP contribution < -0.4 is 0 Å². The third-order valence-corrected chi connectivity index (χ3v) is 2.52. The molecule has 8 heteroatoms. The summed E-state index contributed by atoms with van der Waals surface area (Å²) >= 11 is 5.69. The fourth-order valence-electron chi connectivity index (χ4n) is 1.59. The highest BCUT2D eigenvalue weighted by atomic mass is 35.5. The van der Waals surface area contributed by atoms with Crippen molar-refractivity contribution in [3.63, 3.8) is 0 Å². The van der Waals surface area contributed by atoms with Gasteiger partial charge < -0.3 is 0 Å². The van der Waals surface area contributed by atoms with Crippen LogP contribution in [0.3, 0.4) is 0 Å². The summed E-state index contributed by atoms with van der Waals surface area (Å²) in [6.07, 6.45) is 5.87. The van der Waals surface area contributed by atoms with E-state index >= 15 is 0 Å². The molecule has 0 aliphatic rings. The van der Waals surface area contributed by atoms with E-state index in [-0.39, 0.29) is 16.8 Å². The molecule has 2 aromatic rings. The zero-order chi connectivity index (χ0) is 13.1. The molecule has 2 heterocycles. The largest absolute Gasteiger partial charge is 0.330 e. The fourth-order valence-corrected chi connectivity index (χ4v) is 1.72. The lowest BCUT2D eigenvalue weighted by Gasteiger charge is -2.06. The van der Waals surface area contributed by atoms with Crippen LogP contribution in [0.1, 0.15) is 19.2 Å². The second-order valence-corrected chi connectivity index (χ2v) is 3.91. The number of hydrogen-bond acceptors (Lipinski definition) is 5. The minimum atomic E-state index is -0.540. The first-order chi connectivity index (χ1) is 8.63. The molecular weight excluding hydrogens is 258 g/mol. The number of imidazole rings is 1. The average molecular weight is 268 g/mol. The summed E-state index contributed by atoms with van der Waals surface area (Å²) in [5.74, 6) is 0.844. The lowest BCUT2D eigenvalue weighted by molar-refractivity contribution is -0.385. The van der Waals surface area contributed by atoms with E-state index < -0.39 is 4.92 Å². The first-order valence-corrected chi connectivity index (χ1v) is 5.70. The number of aryl methyl sites for hydroxylation is 1. The monoisotopic (exact) mass is 267 g/mol. The molecule has 0 aliphatic carbocycles. The molecule has 2 aromatic heterocycles. The van der Waals surface area contributed by atoms with Gasteiger partial charge in [0.1, 0.15) is 12.0 Å². The highest BCUT2D eigenvalue weighted by molar-refractivity contribution is 6.28. The zero-order valence-corrected chi connectivity index (χ0v) is 10.3. The predicted molar refractivity (Wildman–Crippen MR) is 64.8 cm³/mol. The molecule has 0 aromatic carbocycles. The Labute approximate surface area is 108 Å². The van der Waals surface area contributed by atoms with E-state index in [9.17, 15) is 10.1 Å². The molecule has 0 N–H and O–H groups in total. The number of nitro groups is 1. The van der Waals surface area contributed by atoms with Crippen LogP contribution in [0.4, 0.5) is 5.69 Å². The number of halogens is 1. The zero-order valence-electron chi connectivity index (χ0n) is 9.58. The predicted octanol–water partition coefficient (Wildman–Crippen LogP) is 2.18. The standard InChI is InChI=1S/C10H10ClN5O2/c1-2-3-8-12-4-5-15(8)9-7(16(17)18)6-13-10(11)14-9/h4-6H,2-3H2,1H3. The van der Waals surface area contributed by atoms with Crippen molar-refractivity contribution < 1.29 is 4.92 Å². The fraction of sp³-hybridized carbons (Fsp3) is 0.300. The van der Waals surface area contributed by atoms with Gasteiger partial charge in [-0.15, -0.1) is 0 Å². The maximum atomic E-state index is 10.9. The third-order valence-electron chi connectivity index (χ3n) is 2.34. The van der Waals surface area contributed by atoms with Crippen LogP contribution in [-0.4, -0.2) is 24.4 Å². The Kier molecular flexibility index (Phi) is 3.52. The Bertz CT molecular complexity index is 583. The van der Waals surface area contributed by atoms with Gasteiger partial charge in [0.25, 0.3) is 0 Å². The van der Waals surface area contributed by atoms with Crippen LogP contribution in [0.5, 0.6) is 0 Å². The Morgan fingerprint density at radius 2 is 2.28 bits per heavy atom. The molecule has 18 heavy (non-hydrogen) atoms. The molecule has 0 bridgehead atoms. The summed E-state index contributed by atoms with van der Waals surface area (Å²) in [5.41, 5.74) is -0.199. The second kappa shape index (κ2) is 5.09. The van der Waals surface area contributed by atoms with Gasteiger partial charge in [0.15, 0.2) is 0 Å². The summed E-state index contributed by atoms with van der Waals surface area (Å²) < 4.78 is 1.56. The average Bonchev–Trinajstić information content (AvgIpc) is 2.77. The summed E-state index contributed by atoms with van der Waals surface area (Å²) in [7, 11) is 0.